The van der Waals surface area contributed by atoms with Crippen LogP contribution < -0.4 is 0 Å². The largest absolute Gasteiger partial charge is 0.481 e. The number of hydrogen-bond donors (Lipinski definition) is 1. The first-order valence-electron chi connectivity index (χ1n) is 5.18. The zero-order chi connectivity index (χ0) is 11.9. The second-order valence-corrected chi connectivity index (χ2v) is 5.13. The van der Waals surface area contributed by atoms with Crippen LogP contribution in [-0.4, -0.2) is 11.1 Å². The standard InChI is InChI=1S/C12H12Cl2O2/c1-7-5-6-12(7,11(15)16)10-8(13)3-2-4-9(10)14/h2-4,7H,5-6H2,1H3,(H,15,16). The average Bonchev–Trinajstić information content (AvgIpc) is 2.20. The van der Waals surface area contributed by atoms with E-state index in [0.717, 1.165) is 6.42 Å². The summed E-state index contributed by atoms with van der Waals surface area (Å²) < 4.78 is 0. The van der Waals surface area contributed by atoms with E-state index in [-0.39, 0.29) is 5.92 Å². The Balaban J connectivity index is 2.61. The Bertz CT molecular complexity index is 424. The van der Waals surface area contributed by atoms with Crippen molar-refractivity contribution in [2.45, 2.75) is 25.2 Å². The smallest absolute Gasteiger partial charge is 0.314 e. The van der Waals surface area contributed by atoms with Crippen molar-refractivity contribution >= 4 is 29.2 Å². The highest BCUT2D eigenvalue weighted by molar-refractivity contribution is 6.36. The molecule has 2 nitrogen and oxygen atoms in total. The predicted octanol–water partition coefficient (Wildman–Crippen LogP) is 3.75. The number of rotatable bonds is 2. The third-order valence-corrected chi connectivity index (χ3v) is 4.23. The molecule has 2 unspecified atom stereocenters. The van der Waals surface area contributed by atoms with E-state index >= 15 is 0 Å². The Labute approximate surface area is 104 Å². The fraction of sp³-hybridized carbons (Fsp3) is 0.417. The van der Waals surface area contributed by atoms with Crippen molar-refractivity contribution in [2.24, 2.45) is 5.92 Å². The molecule has 4 heteroatoms. The maximum Gasteiger partial charge on any atom is 0.314 e. The lowest BCUT2D eigenvalue weighted by atomic mass is 9.57. The topological polar surface area (TPSA) is 37.3 Å². The Hall–Kier alpha value is -0.730. The van der Waals surface area contributed by atoms with Gasteiger partial charge in [-0.2, -0.15) is 0 Å². The summed E-state index contributed by atoms with van der Waals surface area (Å²) >= 11 is 12.2. The normalized spacial score (nSPS) is 28.6. The molecule has 2 rings (SSSR count). The summed E-state index contributed by atoms with van der Waals surface area (Å²) in [6, 6.07) is 5.12. The molecule has 1 fully saturated rings. The van der Waals surface area contributed by atoms with E-state index < -0.39 is 11.4 Å². The number of hydrogen-bond acceptors (Lipinski definition) is 1. The Morgan fingerprint density at radius 1 is 1.44 bits per heavy atom. The molecule has 1 aliphatic carbocycles. The zero-order valence-electron chi connectivity index (χ0n) is 8.84. The molecule has 0 heterocycles. The monoisotopic (exact) mass is 258 g/mol. The van der Waals surface area contributed by atoms with Gasteiger partial charge < -0.3 is 5.11 Å². The van der Waals surface area contributed by atoms with Crippen LogP contribution in [0.2, 0.25) is 10.0 Å². The summed E-state index contributed by atoms with van der Waals surface area (Å²) in [7, 11) is 0. The van der Waals surface area contributed by atoms with Crippen molar-refractivity contribution in [1.82, 2.24) is 0 Å². The minimum absolute atomic E-state index is 0.0717. The van der Waals surface area contributed by atoms with Gasteiger partial charge in [0.2, 0.25) is 0 Å². The van der Waals surface area contributed by atoms with E-state index in [1.165, 1.54) is 0 Å². The highest BCUT2D eigenvalue weighted by Gasteiger charge is 2.53. The van der Waals surface area contributed by atoms with Gasteiger partial charge in [0.25, 0.3) is 0 Å². The molecule has 0 aromatic heterocycles. The van der Waals surface area contributed by atoms with E-state index in [1.54, 1.807) is 18.2 Å². The number of halogens is 2. The predicted molar refractivity (Wildman–Crippen MR) is 64.2 cm³/mol. The molecule has 1 aliphatic rings. The molecule has 0 spiro atoms. The molecule has 0 radical (unpaired) electrons. The second-order valence-electron chi connectivity index (χ2n) is 4.31. The SMILES string of the molecule is CC1CCC1(C(=O)O)c1c(Cl)cccc1Cl. The van der Waals surface area contributed by atoms with Gasteiger partial charge in [-0.05, 0) is 30.9 Å². The molecule has 1 saturated carbocycles. The summed E-state index contributed by atoms with van der Waals surface area (Å²) in [5.74, 6) is -0.761. The molecule has 1 N–H and O–H groups in total. The van der Waals surface area contributed by atoms with Gasteiger partial charge in [0.15, 0.2) is 0 Å². The van der Waals surface area contributed by atoms with Gasteiger partial charge in [-0.3, -0.25) is 4.79 Å². The first kappa shape index (κ1) is 11.7. The van der Waals surface area contributed by atoms with Crippen LogP contribution in [0, 0.1) is 5.92 Å². The summed E-state index contributed by atoms with van der Waals surface area (Å²) in [5, 5.41) is 10.3. The van der Waals surface area contributed by atoms with Crippen LogP contribution in [0.15, 0.2) is 18.2 Å². The average molecular weight is 259 g/mol. The van der Waals surface area contributed by atoms with E-state index in [1.807, 2.05) is 6.92 Å². The van der Waals surface area contributed by atoms with E-state index in [2.05, 4.69) is 0 Å². The van der Waals surface area contributed by atoms with Crippen molar-refractivity contribution in [1.29, 1.82) is 0 Å². The number of carboxylic acids is 1. The van der Waals surface area contributed by atoms with Gasteiger partial charge in [0, 0.05) is 15.6 Å². The number of carbonyl (C=O) groups is 1. The first-order valence-corrected chi connectivity index (χ1v) is 5.93. The van der Waals surface area contributed by atoms with Crippen LogP contribution >= 0.6 is 23.2 Å². The van der Waals surface area contributed by atoms with Crippen molar-refractivity contribution in [3.63, 3.8) is 0 Å². The zero-order valence-corrected chi connectivity index (χ0v) is 10.3. The number of aliphatic carboxylic acids is 1. The van der Waals surface area contributed by atoms with Gasteiger partial charge in [0.1, 0.15) is 0 Å². The molecule has 16 heavy (non-hydrogen) atoms. The van der Waals surface area contributed by atoms with Crippen LogP contribution in [0.1, 0.15) is 25.3 Å². The van der Waals surface area contributed by atoms with Crippen molar-refractivity contribution < 1.29 is 9.90 Å². The molecule has 0 aliphatic heterocycles. The van der Waals surface area contributed by atoms with Crippen molar-refractivity contribution in [3.8, 4) is 0 Å². The maximum absolute atomic E-state index is 11.5. The highest BCUT2D eigenvalue weighted by Crippen LogP contribution is 2.52. The Morgan fingerprint density at radius 3 is 2.31 bits per heavy atom. The fourth-order valence-corrected chi connectivity index (χ4v) is 3.18. The minimum atomic E-state index is -0.893. The van der Waals surface area contributed by atoms with Gasteiger partial charge >= 0.3 is 5.97 Å². The van der Waals surface area contributed by atoms with E-state index in [0.29, 0.717) is 22.0 Å². The maximum atomic E-state index is 11.5. The molecule has 1 aromatic carbocycles. The van der Waals surface area contributed by atoms with Crippen LogP contribution in [0.5, 0.6) is 0 Å². The second kappa shape index (κ2) is 3.94. The quantitative estimate of drug-likeness (QED) is 0.878. The fourth-order valence-electron chi connectivity index (χ4n) is 2.44. The third kappa shape index (κ3) is 1.44. The van der Waals surface area contributed by atoms with Gasteiger partial charge in [-0.25, -0.2) is 0 Å². The van der Waals surface area contributed by atoms with Gasteiger partial charge in [0.05, 0.1) is 5.41 Å². The summed E-state index contributed by atoms with van der Waals surface area (Å²) in [4.78, 5) is 11.5. The molecule has 0 amide bonds. The molecular formula is C12H12Cl2O2. The first-order chi connectivity index (χ1) is 7.50. The van der Waals surface area contributed by atoms with E-state index in [9.17, 15) is 9.90 Å². The summed E-state index contributed by atoms with van der Waals surface area (Å²) in [5.41, 5.74) is -0.320. The van der Waals surface area contributed by atoms with Crippen molar-refractivity contribution in [2.75, 3.05) is 0 Å². The highest BCUT2D eigenvalue weighted by atomic mass is 35.5. The number of benzene rings is 1. The number of carboxylic acid groups (broad SMARTS) is 1. The minimum Gasteiger partial charge on any atom is -0.481 e. The lowest BCUT2D eigenvalue weighted by Crippen LogP contribution is -2.49. The van der Waals surface area contributed by atoms with Crippen LogP contribution in [0.25, 0.3) is 0 Å². The molecule has 86 valence electrons. The summed E-state index contributed by atoms with van der Waals surface area (Å²) in [6.45, 7) is 1.93. The molecule has 0 saturated heterocycles. The van der Waals surface area contributed by atoms with Crippen LogP contribution in [0.3, 0.4) is 0 Å². The third-order valence-electron chi connectivity index (χ3n) is 3.60. The van der Waals surface area contributed by atoms with Crippen LogP contribution in [0.4, 0.5) is 0 Å². The van der Waals surface area contributed by atoms with Gasteiger partial charge in [-0.1, -0.05) is 36.2 Å². The molecule has 1 aromatic rings. The molecule has 0 bridgehead atoms. The van der Waals surface area contributed by atoms with Crippen LogP contribution in [-0.2, 0) is 10.2 Å². The molecular weight excluding hydrogens is 247 g/mol. The Kier molecular flexibility index (Phi) is 2.89. The summed E-state index contributed by atoms with van der Waals surface area (Å²) in [6.07, 6.45) is 1.50. The lowest BCUT2D eigenvalue weighted by molar-refractivity contribution is -0.151. The van der Waals surface area contributed by atoms with Gasteiger partial charge in [-0.15, -0.1) is 0 Å². The van der Waals surface area contributed by atoms with Crippen molar-refractivity contribution in [3.05, 3.63) is 33.8 Å². The van der Waals surface area contributed by atoms with E-state index in [4.69, 9.17) is 23.2 Å². The molecule has 2 atom stereocenters. The lowest BCUT2D eigenvalue weighted by Gasteiger charge is -2.45. The Morgan fingerprint density at radius 2 is 2.00 bits per heavy atom.